The smallest absolute Gasteiger partial charge is 0.656 e. The summed E-state index contributed by atoms with van der Waals surface area (Å²) < 4.78 is 0. The first-order valence-electron chi connectivity index (χ1n) is 16.0. The van der Waals surface area contributed by atoms with Crippen LogP contribution in [-0.2, 0) is 26.7 Å². The van der Waals surface area contributed by atoms with Gasteiger partial charge in [0.05, 0.1) is 0 Å². The van der Waals surface area contributed by atoms with E-state index in [9.17, 15) is 19.8 Å². The molecule has 0 aliphatic carbocycles. The fourth-order valence-electron chi connectivity index (χ4n) is 9.02. The van der Waals surface area contributed by atoms with Gasteiger partial charge in [-0.1, -0.05) is 67.1 Å². The predicted octanol–water partition coefficient (Wildman–Crippen LogP) is 5.73. The molecule has 5 rings (SSSR count). The molecule has 0 saturated carbocycles. The summed E-state index contributed by atoms with van der Waals surface area (Å²) in [5.74, 6) is -0.406. The minimum absolute atomic E-state index is 0. The minimum Gasteiger partial charge on any atom is -0.656 e. The van der Waals surface area contributed by atoms with E-state index in [1.165, 1.54) is 22.3 Å². The standard InChI is InChI=1S/C34H50N4O4.Fe/c1-7-21-17(3)25-13-26-19(5)23(9-11-33(39)40)31(37-26)16-32-24(10-12-34(41)42)20(6)28(38-32)15-30-22(8-2)18(4)27(36-30)14-29(21)35-25;/h7-8,17,20-21,24-32,36-37H,1-2,9-16H2,3-6H3,(H,39,40)(H,41,42);/q-2;+2. The molecule has 0 aromatic carbocycles. The summed E-state index contributed by atoms with van der Waals surface area (Å²) in [6.07, 6.45) is 8.95. The van der Waals surface area contributed by atoms with Crippen LogP contribution in [0.25, 0.3) is 10.6 Å². The van der Waals surface area contributed by atoms with E-state index < -0.39 is 11.9 Å². The van der Waals surface area contributed by atoms with Crippen LogP contribution >= 0.6 is 0 Å². The number of rotatable bonds is 8. The maximum absolute atomic E-state index is 11.6. The third kappa shape index (κ3) is 6.92. The number of nitrogens with one attached hydrogen (secondary N) is 2. The van der Waals surface area contributed by atoms with Gasteiger partial charge in [0, 0.05) is 37.0 Å². The number of nitrogens with zero attached hydrogens (tertiary/aromatic N) is 2. The molecule has 0 radical (unpaired) electrons. The molecule has 0 spiro atoms. The Kier molecular flexibility index (Phi) is 11.2. The summed E-state index contributed by atoms with van der Waals surface area (Å²) in [5.41, 5.74) is 5.07. The summed E-state index contributed by atoms with van der Waals surface area (Å²) in [5, 5.41) is 37.7. The van der Waals surface area contributed by atoms with Gasteiger partial charge in [-0.25, -0.2) is 0 Å². The zero-order valence-electron chi connectivity index (χ0n) is 26.1. The molecule has 5 aliphatic heterocycles. The van der Waals surface area contributed by atoms with Crippen LogP contribution in [0.2, 0.25) is 0 Å². The predicted molar refractivity (Wildman–Crippen MR) is 167 cm³/mol. The van der Waals surface area contributed by atoms with E-state index in [4.69, 9.17) is 10.6 Å². The Labute approximate surface area is 268 Å². The van der Waals surface area contributed by atoms with Gasteiger partial charge in [0.25, 0.3) is 0 Å². The van der Waals surface area contributed by atoms with Crippen molar-refractivity contribution in [1.82, 2.24) is 10.6 Å². The van der Waals surface area contributed by atoms with Crippen molar-refractivity contribution in [3.05, 3.63) is 58.2 Å². The molecular weight excluding hydrogens is 584 g/mol. The van der Waals surface area contributed by atoms with Crippen molar-refractivity contribution >= 4 is 11.9 Å². The van der Waals surface area contributed by atoms with Gasteiger partial charge >= 0.3 is 29.0 Å². The van der Waals surface area contributed by atoms with Crippen LogP contribution in [-0.4, -0.2) is 70.5 Å². The molecule has 0 aromatic heterocycles. The Balaban J connectivity index is 0.00000423. The zero-order valence-corrected chi connectivity index (χ0v) is 27.2. The first kappa shape index (κ1) is 34.1. The van der Waals surface area contributed by atoms with E-state index in [1.54, 1.807) is 0 Å². The molecule has 5 heterocycles. The molecule has 43 heavy (non-hydrogen) atoms. The molecule has 3 fully saturated rings. The normalized spacial score (nSPS) is 40.8. The molecule has 3 saturated heterocycles. The van der Waals surface area contributed by atoms with E-state index in [0.717, 1.165) is 25.7 Å². The van der Waals surface area contributed by atoms with Crippen LogP contribution in [0, 0.1) is 23.7 Å². The fraction of sp³-hybridized carbons (Fsp3) is 0.706. The Morgan fingerprint density at radius 2 is 1.37 bits per heavy atom. The number of fused-ring (bicyclic) bond motifs is 8. The molecule has 0 amide bonds. The largest absolute Gasteiger partial charge is 2.00 e. The van der Waals surface area contributed by atoms with Crippen molar-refractivity contribution < 1.29 is 36.9 Å². The van der Waals surface area contributed by atoms with E-state index in [1.807, 2.05) is 6.08 Å². The van der Waals surface area contributed by atoms with Gasteiger partial charge in [-0.05, 0) is 63.9 Å². The summed E-state index contributed by atoms with van der Waals surface area (Å²) in [4.78, 5) is 23.2. The molecule has 0 aromatic rings. The molecule has 5 aliphatic rings. The van der Waals surface area contributed by atoms with Gasteiger partial charge in [0.1, 0.15) is 0 Å². The molecule has 238 valence electrons. The van der Waals surface area contributed by atoms with E-state index in [2.05, 4.69) is 57.6 Å². The maximum atomic E-state index is 11.6. The van der Waals surface area contributed by atoms with Crippen molar-refractivity contribution in [3.63, 3.8) is 0 Å². The van der Waals surface area contributed by atoms with Crippen LogP contribution in [0.1, 0.15) is 79.1 Å². The second-order valence-corrected chi connectivity index (χ2v) is 13.6. The zero-order chi connectivity index (χ0) is 30.3. The minimum atomic E-state index is -0.783. The average Bonchev–Trinajstić information content (AvgIpc) is 3.59. The molecule has 9 heteroatoms. The van der Waals surface area contributed by atoms with Gasteiger partial charge in [0.2, 0.25) is 0 Å². The van der Waals surface area contributed by atoms with E-state index in [-0.39, 0.29) is 90.1 Å². The summed E-state index contributed by atoms with van der Waals surface area (Å²) in [6, 6.07) is 1.11. The summed E-state index contributed by atoms with van der Waals surface area (Å²) in [7, 11) is 0. The number of carboxylic acid groups (broad SMARTS) is 2. The Morgan fingerprint density at radius 1 is 0.814 bits per heavy atom. The van der Waals surface area contributed by atoms with Crippen molar-refractivity contribution in [2.75, 3.05) is 0 Å². The number of carboxylic acids is 2. The number of hydrogen-bond acceptors (Lipinski definition) is 4. The van der Waals surface area contributed by atoms with Crippen LogP contribution in [0.5, 0.6) is 0 Å². The fourth-order valence-corrected chi connectivity index (χ4v) is 9.02. The number of aliphatic carboxylic acids is 2. The van der Waals surface area contributed by atoms with Crippen molar-refractivity contribution in [2.24, 2.45) is 23.7 Å². The SMILES string of the molecule is C=CC1=C(C)C2CC3[N-]C(CC4NC(CC5[N-]C(CC1N2)C(C)C5CCC(=O)O)C(CCC(=O)O)=C4C)C(C)C3C=C.[Fe+2]. The molecular formula is C34H50FeN4O4. The van der Waals surface area contributed by atoms with Crippen LogP contribution < -0.4 is 10.6 Å². The Hall–Kier alpha value is -1.74. The van der Waals surface area contributed by atoms with Gasteiger partial charge < -0.3 is 31.5 Å². The van der Waals surface area contributed by atoms with Crippen molar-refractivity contribution in [1.29, 1.82) is 0 Å². The molecule has 8 nitrogen and oxygen atoms in total. The third-order valence-electron chi connectivity index (χ3n) is 11.5. The average molecular weight is 635 g/mol. The third-order valence-corrected chi connectivity index (χ3v) is 11.5. The topological polar surface area (TPSA) is 127 Å². The summed E-state index contributed by atoms with van der Waals surface area (Å²) in [6.45, 7) is 17.3. The quantitative estimate of drug-likeness (QED) is 0.200. The van der Waals surface area contributed by atoms with E-state index >= 15 is 0 Å². The van der Waals surface area contributed by atoms with Gasteiger partial charge in [-0.15, -0.1) is 30.7 Å². The van der Waals surface area contributed by atoms with Gasteiger partial charge in [0.15, 0.2) is 0 Å². The van der Waals surface area contributed by atoms with Crippen LogP contribution in [0.4, 0.5) is 0 Å². The Morgan fingerprint density at radius 3 is 2.02 bits per heavy atom. The van der Waals surface area contributed by atoms with E-state index in [0.29, 0.717) is 24.7 Å². The van der Waals surface area contributed by atoms with Crippen molar-refractivity contribution in [3.8, 4) is 0 Å². The first-order valence-corrected chi connectivity index (χ1v) is 16.0. The molecule has 12 unspecified atom stereocenters. The van der Waals surface area contributed by atoms with Crippen molar-refractivity contribution in [2.45, 2.75) is 127 Å². The van der Waals surface area contributed by atoms with Gasteiger partial charge in [-0.3, -0.25) is 9.59 Å². The second kappa shape index (κ2) is 14.1. The molecule has 8 bridgehead atoms. The first-order chi connectivity index (χ1) is 20.0. The maximum Gasteiger partial charge on any atom is 2.00 e. The van der Waals surface area contributed by atoms with Crippen LogP contribution in [0.15, 0.2) is 47.6 Å². The molecule has 12 atom stereocenters. The summed E-state index contributed by atoms with van der Waals surface area (Å²) >= 11 is 0. The number of hydrogen-bond donors (Lipinski definition) is 4. The van der Waals surface area contributed by atoms with Gasteiger partial charge in [-0.2, -0.15) is 0 Å². The Bertz CT molecular complexity index is 1150. The number of carbonyl (C=O) groups is 2. The molecule has 4 N–H and O–H groups in total. The monoisotopic (exact) mass is 634 g/mol. The second-order valence-electron chi connectivity index (χ2n) is 13.6. The van der Waals surface area contributed by atoms with Crippen LogP contribution in [0.3, 0.4) is 0 Å².